The minimum atomic E-state index is -4.56. The second-order valence-corrected chi connectivity index (χ2v) is 12.5. The van der Waals surface area contributed by atoms with Gasteiger partial charge < -0.3 is 25.4 Å². The predicted molar refractivity (Wildman–Crippen MR) is 170 cm³/mol. The molecule has 0 aliphatic rings. The molecule has 2 rings (SSSR count). The van der Waals surface area contributed by atoms with E-state index in [9.17, 15) is 32.5 Å². The lowest BCUT2D eigenvalue weighted by Crippen LogP contribution is -2.39. The molecule has 0 spiro atoms. The number of carbonyl (C=O) groups excluding carboxylic acids is 3. The zero-order valence-corrected chi connectivity index (χ0v) is 27.6. The fraction of sp³-hybridized carbons (Fsp3) is 0.500. The van der Waals surface area contributed by atoms with E-state index in [4.69, 9.17) is 9.57 Å². The van der Waals surface area contributed by atoms with E-state index in [2.05, 4.69) is 25.8 Å². The molecule has 0 radical (unpaired) electrons. The molecule has 254 valence electrons. The summed E-state index contributed by atoms with van der Waals surface area (Å²) in [6.45, 7) is 11.1. The third-order valence-corrected chi connectivity index (χ3v) is 7.34. The molecule has 5 N–H and O–H groups in total. The molecule has 0 saturated carbocycles. The Bertz CT molecular complexity index is 1450. The minimum absolute atomic E-state index is 0.110. The van der Waals surface area contributed by atoms with Crippen LogP contribution in [0.25, 0.3) is 0 Å². The third kappa shape index (κ3) is 14.3. The van der Waals surface area contributed by atoms with Crippen molar-refractivity contribution in [2.75, 3.05) is 39.3 Å². The van der Waals surface area contributed by atoms with Gasteiger partial charge in [-0.3, -0.25) is 19.0 Å². The number of nitrogens with zero attached hydrogens (tertiary/aromatic N) is 3. The molecule has 46 heavy (non-hydrogen) atoms. The Balaban J connectivity index is 1.81. The molecular weight excluding hydrogens is 620 g/mol. The summed E-state index contributed by atoms with van der Waals surface area (Å²) in [4.78, 5) is 41.9. The van der Waals surface area contributed by atoms with Crippen molar-refractivity contribution in [3.63, 3.8) is 0 Å². The maximum Gasteiger partial charge on any atom is 0.431 e. The quantitative estimate of drug-likeness (QED) is 0.0719. The van der Waals surface area contributed by atoms with Gasteiger partial charge in [-0.1, -0.05) is 26.0 Å². The molecule has 15 nitrogen and oxygen atoms in total. The normalized spacial score (nSPS) is 11.9. The number of hydrogen-bond donors (Lipinski definition) is 5. The van der Waals surface area contributed by atoms with Crippen molar-refractivity contribution in [3.05, 3.63) is 47.5 Å². The SMILES string of the molecule is CCN(CC)CCc1cc(O)c(/N=N/c2ccc(CCC(=O)NCCNC(=O)CONC(=O)OC(C)(C)C)cc2)cc1S(=O)(=O)O. The lowest BCUT2D eigenvalue weighted by molar-refractivity contribution is -0.128. The van der Waals surface area contributed by atoms with E-state index >= 15 is 0 Å². The Morgan fingerprint density at radius 3 is 2.15 bits per heavy atom. The van der Waals surface area contributed by atoms with Crippen LogP contribution in [-0.4, -0.2) is 85.8 Å². The number of aromatic hydroxyl groups is 1. The number of phenolic OH excluding ortho intramolecular Hbond substituents is 1. The number of benzene rings is 2. The lowest BCUT2D eigenvalue weighted by Gasteiger charge is -2.19. The van der Waals surface area contributed by atoms with Crippen molar-refractivity contribution in [1.82, 2.24) is 21.0 Å². The van der Waals surface area contributed by atoms with Crippen LogP contribution in [0.15, 0.2) is 51.5 Å². The summed E-state index contributed by atoms with van der Waals surface area (Å²) in [5.41, 5.74) is 2.76. The number of hydrogen-bond acceptors (Lipinski definition) is 11. The number of amides is 3. The van der Waals surface area contributed by atoms with E-state index in [1.165, 1.54) is 6.07 Å². The first-order valence-corrected chi connectivity index (χ1v) is 16.3. The van der Waals surface area contributed by atoms with Gasteiger partial charge >= 0.3 is 6.09 Å². The molecule has 2 aromatic carbocycles. The summed E-state index contributed by atoms with van der Waals surface area (Å²) in [5.74, 6) is -0.970. The number of aryl methyl sites for hydroxylation is 1. The van der Waals surface area contributed by atoms with Crippen molar-refractivity contribution < 1.29 is 42.0 Å². The number of phenols is 1. The van der Waals surface area contributed by atoms with Crippen LogP contribution in [0.3, 0.4) is 0 Å². The van der Waals surface area contributed by atoms with Crippen LogP contribution in [0.4, 0.5) is 16.2 Å². The highest BCUT2D eigenvalue weighted by Crippen LogP contribution is 2.34. The van der Waals surface area contributed by atoms with Crippen LogP contribution in [0.5, 0.6) is 5.75 Å². The summed E-state index contributed by atoms with van der Waals surface area (Å²) in [6, 6.07) is 9.21. The van der Waals surface area contributed by atoms with E-state index in [0.29, 0.717) is 25.1 Å². The average molecular weight is 665 g/mol. The van der Waals surface area contributed by atoms with Crippen molar-refractivity contribution in [3.8, 4) is 5.75 Å². The van der Waals surface area contributed by atoms with Gasteiger partial charge in [0.05, 0.1) is 10.6 Å². The highest BCUT2D eigenvalue weighted by molar-refractivity contribution is 7.85. The number of carbonyl (C=O) groups is 3. The first-order valence-electron chi connectivity index (χ1n) is 14.8. The van der Waals surface area contributed by atoms with Crippen molar-refractivity contribution in [2.45, 2.75) is 64.4 Å². The zero-order valence-electron chi connectivity index (χ0n) is 26.8. The van der Waals surface area contributed by atoms with Crippen LogP contribution in [0, 0.1) is 0 Å². The fourth-order valence-electron chi connectivity index (χ4n) is 4.04. The Morgan fingerprint density at radius 1 is 0.935 bits per heavy atom. The van der Waals surface area contributed by atoms with E-state index in [0.717, 1.165) is 24.7 Å². The molecule has 0 bridgehead atoms. The molecule has 0 heterocycles. The summed E-state index contributed by atoms with van der Waals surface area (Å²) >= 11 is 0. The third-order valence-electron chi connectivity index (χ3n) is 6.40. The van der Waals surface area contributed by atoms with Gasteiger partial charge in [0.25, 0.3) is 10.1 Å². The fourth-order valence-corrected chi connectivity index (χ4v) is 4.79. The summed E-state index contributed by atoms with van der Waals surface area (Å²) < 4.78 is 38.8. The van der Waals surface area contributed by atoms with Gasteiger partial charge in [-0.05, 0) is 82.1 Å². The van der Waals surface area contributed by atoms with Crippen LogP contribution < -0.4 is 16.1 Å². The van der Waals surface area contributed by atoms with Gasteiger partial charge in [-0.2, -0.15) is 19.0 Å². The molecule has 2 aromatic rings. The molecule has 0 fully saturated rings. The highest BCUT2D eigenvalue weighted by Gasteiger charge is 2.20. The van der Waals surface area contributed by atoms with Gasteiger partial charge in [0.1, 0.15) is 17.0 Å². The Labute approximate surface area is 269 Å². The molecule has 0 aromatic heterocycles. The second kappa shape index (κ2) is 18.1. The average Bonchev–Trinajstić information content (AvgIpc) is 2.97. The van der Waals surface area contributed by atoms with Gasteiger partial charge in [-0.25, -0.2) is 4.79 Å². The molecule has 0 atom stereocenters. The van der Waals surface area contributed by atoms with Crippen molar-refractivity contribution in [1.29, 1.82) is 0 Å². The molecule has 3 amide bonds. The van der Waals surface area contributed by atoms with Crippen LogP contribution in [0.2, 0.25) is 0 Å². The number of likely N-dealkylation sites (N-methyl/N-ethyl adjacent to an activating group) is 1. The molecule has 0 saturated heterocycles. The summed E-state index contributed by atoms with van der Waals surface area (Å²) in [5, 5.41) is 23.7. The standard InChI is InChI=1S/C30H44N6O9S/c1-6-36(7-2)17-14-22-18-25(37)24(19-26(22)46(41,42)43)34-33-23-11-8-21(9-12-23)10-13-27(38)31-15-16-32-28(39)20-44-35-29(40)45-30(3,4)5/h8-9,11-12,18-19,37H,6-7,10,13-17,20H2,1-5H3,(H,31,38)(H,32,39)(H,35,40)(H,41,42,43)/b34-33+. The topological polar surface area (TPSA) is 208 Å². The largest absolute Gasteiger partial charge is 0.506 e. The van der Waals surface area contributed by atoms with Crippen LogP contribution in [0.1, 0.15) is 52.2 Å². The Kier molecular flexibility index (Phi) is 15.0. The highest BCUT2D eigenvalue weighted by atomic mass is 32.2. The lowest BCUT2D eigenvalue weighted by atomic mass is 10.1. The number of rotatable bonds is 17. The molecule has 0 aliphatic carbocycles. The summed E-state index contributed by atoms with van der Waals surface area (Å²) in [6.07, 6.45) is 0.133. The van der Waals surface area contributed by atoms with Gasteiger partial charge in [0.2, 0.25) is 11.8 Å². The number of nitrogens with one attached hydrogen (secondary N) is 3. The monoisotopic (exact) mass is 664 g/mol. The van der Waals surface area contributed by atoms with Gasteiger partial charge in [0.15, 0.2) is 6.61 Å². The number of hydroxylamine groups is 1. The first kappa shape index (κ1) is 38.1. The Morgan fingerprint density at radius 2 is 1.57 bits per heavy atom. The van der Waals surface area contributed by atoms with E-state index in [-0.39, 0.29) is 47.3 Å². The van der Waals surface area contributed by atoms with Crippen molar-refractivity contribution >= 4 is 39.4 Å². The number of azo groups is 1. The van der Waals surface area contributed by atoms with Crippen LogP contribution in [-0.2, 0) is 42.1 Å². The second-order valence-electron chi connectivity index (χ2n) is 11.2. The number of ether oxygens (including phenoxy) is 1. The predicted octanol–water partition coefficient (Wildman–Crippen LogP) is 3.56. The smallest absolute Gasteiger partial charge is 0.431 e. The van der Waals surface area contributed by atoms with Crippen LogP contribution >= 0.6 is 0 Å². The maximum absolute atomic E-state index is 12.2. The van der Waals surface area contributed by atoms with Gasteiger partial charge in [-0.15, -0.1) is 5.11 Å². The van der Waals surface area contributed by atoms with Crippen molar-refractivity contribution in [2.24, 2.45) is 10.2 Å². The van der Waals surface area contributed by atoms with E-state index < -0.39 is 34.3 Å². The molecule has 16 heteroatoms. The molecule has 0 unspecified atom stereocenters. The Hall–Kier alpha value is -4.12. The van der Waals surface area contributed by atoms with Gasteiger partial charge in [0, 0.05) is 26.1 Å². The molecular formula is C30H44N6O9S. The van der Waals surface area contributed by atoms with E-state index in [1.807, 2.05) is 19.3 Å². The maximum atomic E-state index is 12.2. The first-order chi connectivity index (χ1) is 21.6. The van der Waals surface area contributed by atoms with E-state index in [1.54, 1.807) is 45.0 Å². The summed E-state index contributed by atoms with van der Waals surface area (Å²) in [7, 11) is -4.56. The molecule has 0 aliphatic heterocycles. The zero-order chi connectivity index (χ0) is 34.3. The minimum Gasteiger partial charge on any atom is -0.506 e.